The molecule has 0 bridgehead atoms. The van der Waals surface area contributed by atoms with Gasteiger partial charge in [-0.1, -0.05) is 28.9 Å². The molecule has 168 valence electrons. The van der Waals surface area contributed by atoms with Gasteiger partial charge in [-0.25, -0.2) is 12.8 Å². The minimum Gasteiger partial charge on any atom is -0.339 e. The standard InChI is InChI=1S/C21H20ClFN4O4S/c1-11-3-4-14(19-25-21(31-26-19)13-5-6-13)9-18(11)32(29,30)27-12(2)20(28)24-17-8-7-15(22)10-16(17)23/h3-4,7-10,12-13,27H,5-6H2,1-2H3,(H,24,28)/t12-/m0/s1. The van der Waals surface area contributed by atoms with E-state index in [4.69, 9.17) is 16.1 Å². The molecule has 0 aliphatic heterocycles. The van der Waals surface area contributed by atoms with E-state index < -0.39 is 27.8 Å². The van der Waals surface area contributed by atoms with E-state index in [-0.39, 0.29) is 21.5 Å². The van der Waals surface area contributed by atoms with E-state index in [1.807, 2.05) is 0 Å². The predicted octanol–water partition coefficient (Wildman–Crippen LogP) is 4.02. The predicted molar refractivity (Wildman–Crippen MR) is 116 cm³/mol. The number of amides is 1. The van der Waals surface area contributed by atoms with E-state index in [1.54, 1.807) is 19.1 Å². The summed E-state index contributed by atoms with van der Waals surface area (Å²) in [5.74, 6) is -0.336. The fourth-order valence-electron chi connectivity index (χ4n) is 3.06. The van der Waals surface area contributed by atoms with Gasteiger partial charge in [0, 0.05) is 16.5 Å². The van der Waals surface area contributed by atoms with E-state index in [0.717, 1.165) is 18.9 Å². The number of carbonyl (C=O) groups excluding carboxylic acids is 1. The summed E-state index contributed by atoms with van der Waals surface area (Å²) in [6.07, 6.45) is 2.00. The van der Waals surface area contributed by atoms with Crippen LogP contribution in [0.2, 0.25) is 5.02 Å². The summed E-state index contributed by atoms with van der Waals surface area (Å²) < 4.78 is 47.5. The Kier molecular flexibility index (Phi) is 6.02. The van der Waals surface area contributed by atoms with E-state index >= 15 is 0 Å². The van der Waals surface area contributed by atoms with Gasteiger partial charge in [-0.3, -0.25) is 4.79 Å². The lowest BCUT2D eigenvalue weighted by Gasteiger charge is -2.16. The number of rotatable bonds is 7. The van der Waals surface area contributed by atoms with Crippen LogP contribution in [-0.2, 0) is 14.8 Å². The lowest BCUT2D eigenvalue weighted by atomic mass is 10.1. The van der Waals surface area contributed by atoms with Crippen LogP contribution in [0.5, 0.6) is 0 Å². The number of anilines is 1. The third-order valence-corrected chi connectivity index (χ3v) is 6.94. The van der Waals surface area contributed by atoms with Crippen molar-refractivity contribution in [2.24, 2.45) is 0 Å². The molecule has 1 amide bonds. The van der Waals surface area contributed by atoms with Crippen molar-refractivity contribution in [3.05, 3.63) is 58.7 Å². The number of aryl methyl sites for hydroxylation is 1. The highest BCUT2D eigenvalue weighted by atomic mass is 35.5. The first-order chi connectivity index (χ1) is 15.1. The van der Waals surface area contributed by atoms with Gasteiger partial charge in [0.1, 0.15) is 5.82 Å². The summed E-state index contributed by atoms with van der Waals surface area (Å²) in [5, 5.41) is 6.47. The second kappa shape index (κ2) is 8.61. The van der Waals surface area contributed by atoms with Gasteiger partial charge < -0.3 is 9.84 Å². The Hall–Kier alpha value is -2.82. The van der Waals surface area contributed by atoms with Crippen LogP contribution in [0, 0.1) is 12.7 Å². The number of sulfonamides is 1. The molecule has 4 rings (SSSR count). The Morgan fingerprint density at radius 2 is 2.00 bits per heavy atom. The topological polar surface area (TPSA) is 114 Å². The highest BCUT2D eigenvalue weighted by molar-refractivity contribution is 7.89. The Morgan fingerprint density at radius 3 is 2.69 bits per heavy atom. The summed E-state index contributed by atoms with van der Waals surface area (Å²) in [6.45, 7) is 3.00. The third-order valence-electron chi connectivity index (χ3n) is 5.02. The van der Waals surface area contributed by atoms with Gasteiger partial charge in [-0.15, -0.1) is 0 Å². The smallest absolute Gasteiger partial charge is 0.242 e. The average molecular weight is 479 g/mol. The molecular formula is C21H20ClFN4O4S. The van der Waals surface area contributed by atoms with Crippen molar-refractivity contribution in [3.8, 4) is 11.4 Å². The van der Waals surface area contributed by atoms with Crippen molar-refractivity contribution in [1.29, 1.82) is 0 Å². The van der Waals surface area contributed by atoms with E-state index in [1.165, 1.54) is 25.1 Å². The van der Waals surface area contributed by atoms with Gasteiger partial charge in [-0.2, -0.15) is 9.71 Å². The Morgan fingerprint density at radius 1 is 1.25 bits per heavy atom. The lowest BCUT2D eigenvalue weighted by Crippen LogP contribution is -2.41. The fourth-order valence-corrected chi connectivity index (χ4v) is 4.69. The summed E-state index contributed by atoms with van der Waals surface area (Å²) in [6, 6.07) is 7.35. The number of nitrogens with one attached hydrogen (secondary N) is 2. The average Bonchev–Trinajstić information content (AvgIpc) is 3.47. The van der Waals surface area contributed by atoms with Gasteiger partial charge in [0.15, 0.2) is 0 Å². The van der Waals surface area contributed by atoms with E-state index in [9.17, 15) is 17.6 Å². The number of hydrogen-bond donors (Lipinski definition) is 2. The SMILES string of the molecule is Cc1ccc(-c2noc(C3CC3)n2)cc1S(=O)(=O)N[C@@H](C)C(=O)Nc1ccc(Cl)cc1F. The molecular weight excluding hydrogens is 459 g/mol. The van der Waals surface area contributed by atoms with Gasteiger partial charge >= 0.3 is 0 Å². The van der Waals surface area contributed by atoms with Crippen molar-refractivity contribution in [2.75, 3.05) is 5.32 Å². The van der Waals surface area contributed by atoms with Crippen LogP contribution in [0.3, 0.4) is 0 Å². The van der Waals surface area contributed by atoms with Crippen molar-refractivity contribution >= 4 is 33.2 Å². The van der Waals surface area contributed by atoms with Crippen molar-refractivity contribution in [3.63, 3.8) is 0 Å². The molecule has 0 radical (unpaired) electrons. The minimum atomic E-state index is -4.08. The molecule has 0 saturated heterocycles. The Labute approximate surface area is 189 Å². The third kappa shape index (κ3) is 4.82. The molecule has 1 heterocycles. The van der Waals surface area contributed by atoms with Crippen molar-refractivity contribution in [1.82, 2.24) is 14.9 Å². The molecule has 3 aromatic rings. The molecule has 1 aromatic heterocycles. The van der Waals surface area contributed by atoms with Gasteiger partial charge in [-0.05, 0) is 56.5 Å². The number of benzene rings is 2. The van der Waals surface area contributed by atoms with E-state index in [0.29, 0.717) is 22.8 Å². The maximum absolute atomic E-state index is 13.9. The monoisotopic (exact) mass is 478 g/mol. The first-order valence-electron chi connectivity index (χ1n) is 9.87. The molecule has 2 N–H and O–H groups in total. The summed E-state index contributed by atoms with van der Waals surface area (Å²) in [7, 11) is -4.08. The minimum absolute atomic E-state index is 0.0231. The number of hydrogen-bond acceptors (Lipinski definition) is 6. The Balaban J connectivity index is 1.52. The quantitative estimate of drug-likeness (QED) is 0.530. The lowest BCUT2D eigenvalue weighted by molar-refractivity contribution is -0.117. The van der Waals surface area contributed by atoms with Crippen LogP contribution in [0.15, 0.2) is 45.8 Å². The van der Waals surface area contributed by atoms with Gasteiger partial charge in [0.25, 0.3) is 0 Å². The zero-order chi connectivity index (χ0) is 23.0. The second-order valence-corrected chi connectivity index (χ2v) is 9.79. The summed E-state index contributed by atoms with van der Waals surface area (Å²) >= 11 is 5.70. The van der Waals surface area contributed by atoms with Crippen LogP contribution in [0.1, 0.15) is 37.1 Å². The van der Waals surface area contributed by atoms with Gasteiger partial charge in [0.05, 0.1) is 16.6 Å². The normalized spacial score (nSPS) is 14.9. The maximum atomic E-state index is 13.9. The summed E-state index contributed by atoms with van der Waals surface area (Å²) in [5.41, 5.74) is 0.850. The largest absolute Gasteiger partial charge is 0.339 e. The highest BCUT2D eigenvalue weighted by Gasteiger charge is 2.30. The highest BCUT2D eigenvalue weighted by Crippen LogP contribution is 2.39. The van der Waals surface area contributed by atoms with E-state index in [2.05, 4.69) is 20.2 Å². The molecule has 2 aromatic carbocycles. The number of nitrogens with zero attached hydrogens (tertiary/aromatic N) is 2. The molecule has 1 atom stereocenters. The van der Waals surface area contributed by atoms with Crippen LogP contribution in [-0.4, -0.2) is 30.5 Å². The molecule has 1 aliphatic carbocycles. The van der Waals surface area contributed by atoms with Crippen molar-refractivity contribution < 1.29 is 22.1 Å². The molecule has 32 heavy (non-hydrogen) atoms. The zero-order valence-electron chi connectivity index (χ0n) is 17.2. The molecule has 0 spiro atoms. The van der Waals surface area contributed by atoms with Crippen LogP contribution < -0.4 is 10.0 Å². The second-order valence-electron chi connectivity index (χ2n) is 7.67. The molecule has 1 aliphatic rings. The zero-order valence-corrected chi connectivity index (χ0v) is 18.8. The van der Waals surface area contributed by atoms with Crippen LogP contribution >= 0.6 is 11.6 Å². The van der Waals surface area contributed by atoms with Gasteiger partial charge in [0.2, 0.25) is 27.6 Å². The maximum Gasteiger partial charge on any atom is 0.242 e. The molecule has 11 heteroatoms. The number of aromatic nitrogens is 2. The number of carbonyl (C=O) groups is 1. The summed E-state index contributed by atoms with van der Waals surface area (Å²) in [4.78, 5) is 16.8. The fraction of sp³-hybridized carbons (Fsp3) is 0.286. The van der Waals surface area contributed by atoms with Crippen LogP contribution in [0.4, 0.5) is 10.1 Å². The molecule has 0 unspecified atom stereocenters. The first kappa shape index (κ1) is 22.4. The first-order valence-corrected chi connectivity index (χ1v) is 11.7. The van der Waals surface area contributed by atoms with Crippen molar-refractivity contribution in [2.45, 2.75) is 43.5 Å². The number of halogens is 2. The molecule has 1 saturated carbocycles. The molecule has 1 fully saturated rings. The Bertz CT molecular complexity index is 1290. The molecule has 8 nitrogen and oxygen atoms in total. The van der Waals surface area contributed by atoms with Crippen LogP contribution in [0.25, 0.3) is 11.4 Å².